The lowest BCUT2D eigenvalue weighted by molar-refractivity contribution is -0.127. The number of hydrogen-bond acceptors (Lipinski definition) is 4. The molecule has 0 aromatic carbocycles. The third kappa shape index (κ3) is 2.87. The van der Waals surface area contributed by atoms with Gasteiger partial charge in [0.25, 0.3) is 0 Å². The Morgan fingerprint density at radius 3 is 2.70 bits per heavy atom. The number of carbonyl (C=O) groups excluding carboxylic acids is 2. The Labute approximate surface area is 119 Å². The van der Waals surface area contributed by atoms with Crippen molar-refractivity contribution >= 4 is 12.0 Å². The third-order valence-corrected chi connectivity index (χ3v) is 3.80. The van der Waals surface area contributed by atoms with Crippen molar-refractivity contribution in [3.8, 4) is 6.07 Å². The molecule has 0 aromatic heterocycles. The molecule has 1 saturated heterocycles. The SMILES string of the molecule is CC(C)(C)OC(=O)N1C(C(=O)NCC#N)C2CC[C@@H]1C2. The molecule has 0 aromatic rings. The first kappa shape index (κ1) is 14.6. The largest absolute Gasteiger partial charge is 0.444 e. The standard InChI is InChI=1S/C14H21N3O3/c1-14(2,3)20-13(19)17-10-5-4-9(8-10)11(17)12(18)16-7-6-15/h9-11H,4-5,7-8H2,1-3H3,(H,16,18)/t9?,10-,11?/m1/s1. The summed E-state index contributed by atoms with van der Waals surface area (Å²) >= 11 is 0. The predicted octanol–water partition coefficient (Wildman–Crippen LogP) is 1.41. The molecule has 20 heavy (non-hydrogen) atoms. The van der Waals surface area contributed by atoms with Crippen molar-refractivity contribution in [2.75, 3.05) is 6.54 Å². The molecule has 6 heteroatoms. The van der Waals surface area contributed by atoms with Gasteiger partial charge in [-0.15, -0.1) is 0 Å². The molecule has 2 fully saturated rings. The smallest absolute Gasteiger partial charge is 0.411 e. The van der Waals surface area contributed by atoms with Gasteiger partial charge in [0.05, 0.1) is 6.07 Å². The Morgan fingerprint density at radius 2 is 2.10 bits per heavy atom. The van der Waals surface area contributed by atoms with Gasteiger partial charge in [-0.05, 0) is 46.0 Å². The number of fused-ring (bicyclic) bond motifs is 2. The van der Waals surface area contributed by atoms with Crippen molar-refractivity contribution < 1.29 is 14.3 Å². The minimum atomic E-state index is -0.577. The van der Waals surface area contributed by atoms with E-state index < -0.39 is 17.7 Å². The van der Waals surface area contributed by atoms with Crippen LogP contribution < -0.4 is 5.32 Å². The van der Waals surface area contributed by atoms with Crippen molar-refractivity contribution in [2.45, 2.75) is 57.7 Å². The van der Waals surface area contributed by atoms with E-state index in [2.05, 4.69) is 5.32 Å². The van der Waals surface area contributed by atoms with E-state index in [1.54, 1.807) is 4.90 Å². The van der Waals surface area contributed by atoms with Crippen LogP contribution in [0.4, 0.5) is 4.79 Å². The summed E-state index contributed by atoms with van der Waals surface area (Å²) in [7, 11) is 0. The highest BCUT2D eigenvalue weighted by Crippen LogP contribution is 2.43. The van der Waals surface area contributed by atoms with E-state index in [1.165, 1.54) is 0 Å². The van der Waals surface area contributed by atoms with Crippen molar-refractivity contribution in [2.24, 2.45) is 5.92 Å². The zero-order valence-corrected chi connectivity index (χ0v) is 12.2. The highest BCUT2D eigenvalue weighted by molar-refractivity contribution is 5.87. The van der Waals surface area contributed by atoms with Crippen molar-refractivity contribution in [3.05, 3.63) is 0 Å². The van der Waals surface area contributed by atoms with Gasteiger partial charge in [0.1, 0.15) is 18.2 Å². The maximum atomic E-state index is 12.3. The van der Waals surface area contributed by atoms with Crippen LogP contribution in [0.15, 0.2) is 0 Å². The fourth-order valence-corrected chi connectivity index (χ4v) is 3.13. The molecule has 2 rings (SSSR count). The van der Waals surface area contributed by atoms with Gasteiger partial charge in [-0.1, -0.05) is 0 Å². The zero-order valence-electron chi connectivity index (χ0n) is 12.2. The van der Waals surface area contributed by atoms with Gasteiger partial charge in [-0.2, -0.15) is 5.26 Å². The fraction of sp³-hybridized carbons (Fsp3) is 0.786. The lowest BCUT2D eigenvalue weighted by Crippen LogP contribution is -2.53. The van der Waals surface area contributed by atoms with E-state index in [1.807, 2.05) is 26.8 Å². The summed E-state index contributed by atoms with van der Waals surface area (Å²) in [6.45, 7) is 5.40. The van der Waals surface area contributed by atoms with Crippen LogP contribution >= 0.6 is 0 Å². The van der Waals surface area contributed by atoms with Crippen LogP contribution in [-0.2, 0) is 9.53 Å². The third-order valence-electron chi connectivity index (χ3n) is 3.80. The summed E-state index contributed by atoms with van der Waals surface area (Å²) in [4.78, 5) is 26.0. The number of amides is 2. The first-order valence-corrected chi connectivity index (χ1v) is 6.99. The molecule has 1 heterocycles. The molecule has 2 unspecified atom stereocenters. The highest BCUT2D eigenvalue weighted by atomic mass is 16.6. The molecule has 3 atom stereocenters. The highest BCUT2D eigenvalue weighted by Gasteiger charge is 2.52. The molecule has 6 nitrogen and oxygen atoms in total. The lowest BCUT2D eigenvalue weighted by Gasteiger charge is -2.35. The van der Waals surface area contributed by atoms with Crippen LogP contribution in [0.2, 0.25) is 0 Å². The minimum Gasteiger partial charge on any atom is -0.444 e. The van der Waals surface area contributed by atoms with E-state index >= 15 is 0 Å². The number of rotatable bonds is 2. The Bertz CT molecular complexity index is 450. The Hall–Kier alpha value is -1.77. The summed E-state index contributed by atoms with van der Waals surface area (Å²) in [5, 5.41) is 11.1. The molecule has 1 aliphatic heterocycles. The van der Waals surface area contributed by atoms with Gasteiger partial charge in [0.15, 0.2) is 0 Å². The quantitative estimate of drug-likeness (QED) is 0.775. The molecule has 2 aliphatic rings. The average molecular weight is 279 g/mol. The fourth-order valence-electron chi connectivity index (χ4n) is 3.13. The average Bonchev–Trinajstić information content (AvgIpc) is 2.93. The molecule has 1 saturated carbocycles. The van der Waals surface area contributed by atoms with Crippen molar-refractivity contribution in [1.82, 2.24) is 10.2 Å². The number of piperidine rings is 1. The molecule has 2 bridgehead atoms. The Kier molecular flexibility index (Phi) is 3.89. The van der Waals surface area contributed by atoms with Gasteiger partial charge in [-0.3, -0.25) is 9.69 Å². The van der Waals surface area contributed by atoms with Crippen LogP contribution in [0, 0.1) is 17.2 Å². The monoisotopic (exact) mass is 279 g/mol. The second-order valence-electron chi connectivity index (χ2n) is 6.44. The van der Waals surface area contributed by atoms with Crippen LogP contribution in [0.1, 0.15) is 40.0 Å². The number of nitriles is 1. The van der Waals surface area contributed by atoms with Gasteiger partial charge < -0.3 is 10.1 Å². The van der Waals surface area contributed by atoms with E-state index in [-0.39, 0.29) is 24.4 Å². The van der Waals surface area contributed by atoms with Crippen molar-refractivity contribution in [3.63, 3.8) is 0 Å². The molecular formula is C14H21N3O3. The van der Waals surface area contributed by atoms with E-state index in [9.17, 15) is 9.59 Å². The van der Waals surface area contributed by atoms with Crippen LogP contribution in [-0.4, -0.2) is 41.1 Å². The summed E-state index contributed by atoms with van der Waals surface area (Å²) < 4.78 is 5.40. The van der Waals surface area contributed by atoms with Gasteiger partial charge in [0, 0.05) is 6.04 Å². The molecule has 0 radical (unpaired) electrons. The molecule has 2 amide bonds. The summed E-state index contributed by atoms with van der Waals surface area (Å²) in [5.74, 6) is -0.0594. The number of nitrogens with one attached hydrogen (secondary N) is 1. The summed E-state index contributed by atoms with van der Waals surface area (Å²) in [6.07, 6.45) is 2.30. The predicted molar refractivity (Wildman–Crippen MR) is 71.6 cm³/mol. The minimum absolute atomic E-state index is 0.0329. The van der Waals surface area contributed by atoms with Gasteiger partial charge in [0.2, 0.25) is 5.91 Å². The number of ether oxygens (including phenoxy) is 1. The molecule has 1 aliphatic carbocycles. The number of hydrogen-bond donors (Lipinski definition) is 1. The van der Waals surface area contributed by atoms with Gasteiger partial charge in [-0.25, -0.2) is 4.79 Å². The lowest BCUT2D eigenvalue weighted by atomic mass is 9.98. The zero-order chi connectivity index (χ0) is 14.9. The second-order valence-corrected chi connectivity index (χ2v) is 6.44. The van der Waals surface area contributed by atoms with Gasteiger partial charge >= 0.3 is 6.09 Å². The molecule has 110 valence electrons. The first-order valence-electron chi connectivity index (χ1n) is 6.99. The van der Waals surface area contributed by atoms with Crippen LogP contribution in [0.25, 0.3) is 0 Å². The summed E-state index contributed by atoms with van der Waals surface area (Å²) in [6, 6.07) is 1.48. The molecule has 1 N–H and O–H groups in total. The number of carbonyl (C=O) groups is 2. The maximum Gasteiger partial charge on any atom is 0.411 e. The van der Waals surface area contributed by atoms with Crippen molar-refractivity contribution in [1.29, 1.82) is 5.26 Å². The van der Waals surface area contributed by atoms with E-state index in [0.717, 1.165) is 19.3 Å². The second kappa shape index (κ2) is 5.31. The van der Waals surface area contributed by atoms with E-state index in [4.69, 9.17) is 10.00 Å². The maximum absolute atomic E-state index is 12.3. The number of likely N-dealkylation sites (tertiary alicyclic amines) is 1. The Morgan fingerprint density at radius 1 is 1.40 bits per heavy atom. The summed E-state index contributed by atoms with van der Waals surface area (Å²) in [5.41, 5.74) is -0.577. The molecular weight excluding hydrogens is 258 g/mol. The van der Waals surface area contributed by atoms with E-state index in [0.29, 0.717) is 0 Å². The first-order chi connectivity index (χ1) is 9.33. The Balaban J connectivity index is 2.11. The normalized spacial score (nSPS) is 28.1. The number of nitrogens with zero attached hydrogens (tertiary/aromatic N) is 2. The molecule has 0 spiro atoms. The topological polar surface area (TPSA) is 82.4 Å². The van der Waals surface area contributed by atoms with Crippen LogP contribution in [0.3, 0.4) is 0 Å². The van der Waals surface area contributed by atoms with Crippen LogP contribution in [0.5, 0.6) is 0 Å².